The van der Waals surface area contributed by atoms with Crippen molar-refractivity contribution in [1.82, 2.24) is 45.0 Å². The van der Waals surface area contributed by atoms with Gasteiger partial charge in [-0.25, -0.2) is 24.9 Å². The molecule has 13 rings (SSSR count). The zero-order valence-corrected chi connectivity index (χ0v) is 60.7. The van der Waals surface area contributed by atoms with Crippen molar-refractivity contribution < 1.29 is 28.8 Å². The molecule has 28 heteroatoms. The highest BCUT2D eigenvalue weighted by atomic mass is 35.5. The third kappa shape index (κ3) is 38.7. The molecule has 7 fully saturated rings. The van der Waals surface area contributed by atoms with Gasteiger partial charge in [0, 0.05) is 86.8 Å². The number of aromatic nitrogens is 6. The summed E-state index contributed by atoms with van der Waals surface area (Å²) in [5.74, 6) is 8.72. The van der Waals surface area contributed by atoms with Gasteiger partial charge in [0.25, 0.3) is 0 Å². The number of nitrogens with zero attached hydrogens (tertiary/aromatic N) is 9. The molecule has 7 aliphatic rings. The molecule has 0 unspecified atom stereocenters. The van der Waals surface area contributed by atoms with Crippen LogP contribution in [0.1, 0.15) is 207 Å². The number of aromatic amines is 1. The summed E-state index contributed by atoms with van der Waals surface area (Å²) in [7, 11) is 0. The Balaban J connectivity index is 0. The minimum Gasteiger partial charge on any atom is -0.493 e. The van der Waals surface area contributed by atoms with E-state index >= 15 is 0 Å². The zero-order chi connectivity index (χ0) is 71.9. The van der Waals surface area contributed by atoms with Crippen molar-refractivity contribution in [2.75, 3.05) is 93.7 Å². The molecule has 3 aliphatic heterocycles. The number of nitrogens with one attached hydrogen (secondary N) is 2. The Morgan fingerprint density at radius 2 is 0.907 bits per heavy atom. The Morgan fingerprint density at radius 3 is 1.30 bits per heavy atom. The van der Waals surface area contributed by atoms with E-state index in [4.69, 9.17) is 120 Å². The average molecular weight is 1570 g/mol. The standard InChI is InChI=1S/2C11H13ClN4O.C11H15ClN2O.C11H16N2O.C10H14ClN3O.C7H14.C6H12O.C5H6N2O.7CH4/c12-10-9(3-4-15-11(10)14)17-6-8-2-1-5-16(8)7-13;12-9-5-15-11(14)4-10(9)17-6-8-2-1-3-16(8)7-13;12-9-6-14-11(13)5-10(9)15-7-8-3-1-2-4-8;12-11-7-10(5-6-13-11)14-8-9-3-1-2-4-9;11-8-5-14-10(12)4-9(8)15-6-7-2-1-3-13-7;1-2-7-5-3-4-6-7;7-5-6-3-1-2-4-6;6-5-3-4(8)1-2-7-5;;;;;;;/h3-4,8H,1-2,5-6H2,(H2,14,15);4-5,8H,1-3,6H2,(H2,14,15);5-6,8H,1-4,7H2,(H2,13,14);5-7,9H,1-4,8H2,(H2,12,13);4-5,7,13H,1-3,6H2,(H2,12,14);7H,2-6H2,1H3;6-7H,1-5H2;1-3H,(H3,6,7,8);7*1H4/t2*8-;;;7-;;;;;;;;;;/m00..0........../s1. The normalized spacial score (nSPS) is 17.3. The summed E-state index contributed by atoms with van der Waals surface area (Å²) in [4.78, 5) is 35.9. The third-order valence-corrected chi connectivity index (χ3v) is 19.4. The van der Waals surface area contributed by atoms with E-state index in [9.17, 15) is 4.79 Å². The van der Waals surface area contributed by atoms with E-state index in [2.05, 4.69) is 54.5 Å². The molecule has 0 spiro atoms. The molecule has 6 aromatic rings. The molecule has 0 amide bonds. The highest BCUT2D eigenvalue weighted by Gasteiger charge is 2.26. The number of likely N-dealkylation sites (tertiary alicyclic amines) is 2. The number of hydrogen-bond donors (Lipinski definition) is 9. The molecule has 0 radical (unpaired) electrons. The number of rotatable bonds is 17. The second kappa shape index (κ2) is 57.3. The molecular weight excluding hydrogens is 1440 g/mol. The summed E-state index contributed by atoms with van der Waals surface area (Å²) in [6, 6.07) is 13.6. The van der Waals surface area contributed by atoms with Gasteiger partial charge in [-0.1, -0.05) is 176 Å². The van der Waals surface area contributed by atoms with Crippen LogP contribution in [-0.2, 0) is 0 Å². The van der Waals surface area contributed by atoms with Crippen molar-refractivity contribution in [2.45, 2.75) is 225 Å². The first kappa shape index (κ1) is 101. The summed E-state index contributed by atoms with van der Waals surface area (Å²) < 4.78 is 28.1. The monoisotopic (exact) mass is 1570 g/mol. The molecule has 3 atom stereocenters. The van der Waals surface area contributed by atoms with Crippen LogP contribution in [0.15, 0.2) is 90.5 Å². The minimum absolute atomic E-state index is 0. The molecular formula is C79H131Cl4N17O7. The molecule has 0 aromatic carbocycles. The fourth-order valence-corrected chi connectivity index (χ4v) is 12.9. The van der Waals surface area contributed by atoms with Crippen molar-refractivity contribution in [2.24, 2.45) is 23.7 Å². The van der Waals surface area contributed by atoms with Crippen LogP contribution in [0.2, 0.25) is 20.1 Å². The van der Waals surface area contributed by atoms with Crippen molar-refractivity contribution in [3.8, 4) is 41.1 Å². The van der Waals surface area contributed by atoms with Crippen LogP contribution in [-0.4, -0.2) is 122 Å². The summed E-state index contributed by atoms with van der Waals surface area (Å²) in [5, 5.41) is 31.5. The topological polar surface area (TPSA) is 386 Å². The maximum atomic E-state index is 10.4. The Morgan fingerprint density at radius 1 is 0.486 bits per heavy atom. The van der Waals surface area contributed by atoms with Crippen molar-refractivity contribution in [1.29, 1.82) is 10.5 Å². The first-order valence-electron chi connectivity index (χ1n) is 35.0. The van der Waals surface area contributed by atoms with Crippen molar-refractivity contribution in [3.63, 3.8) is 0 Å². The Bertz CT molecular complexity index is 3340. The van der Waals surface area contributed by atoms with Gasteiger partial charge in [-0.3, -0.25) is 4.79 Å². The number of nitriles is 2. The number of aliphatic hydroxyl groups excluding tert-OH is 1. The summed E-state index contributed by atoms with van der Waals surface area (Å²) >= 11 is 23.7. The molecule has 9 heterocycles. The van der Waals surface area contributed by atoms with Crippen LogP contribution in [0, 0.1) is 46.6 Å². The largest absolute Gasteiger partial charge is 0.493 e. The van der Waals surface area contributed by atoms with Gasteiger partial charge in [-0.05, 0) is 113 Å². The van der Waals surface area contributed by atoms with E-state index in [1.165, 1.54) is 152 Å². The van der Waals surface area contributed by atoms with E-state index in [-0.39, 0.29) is 75.3 Å². The zero-order valence-electron chi connectivity index (χ0n) is 57.6. The van der Waals surface area contributed by atoms with Gasteiger partial charge >= 0.3 is 0 Å². The summed E-state index contributed by atoms with van der Waals surface area (Å²) in [5.41, 5.74) is 32.9. The predicted octanol–water partition coefficient (Wildman–Crippen LogP) is 18.0. The fourth-order valence-electron chi connectivity index (χ4n) is 12.3. The van der Waals surface area contributed by atoms with Crippen LogP contribution < -0.4 is 68.8 Å². The minimum atomic E-state index is -0.0683. The molecule has 6 aromatic heterocycles. The van der Waals surface area contributed by atoms with Crippen molar-refractivity contribution in [3.05, 3.63) is 116 Å². The van der Waals surface area contributed by atoms with E-state index in [1.807, 2.05) is 6.07 Å². The van der Waals surface area contributed by atoms with Gasteiger partial charge in [-0.2, -0.15) is 10.5 Å². The van der Waals surface area contributed by atoms with Crippen LogP contribution in [0.4, 0.5) is 34.9 Å². The number of pyridine rings is 6. The molecule has 602 valence electrons. The highest BCUT2D eigenvalue weighted by molar-refractivity contribution is 6.34. The van der Waals surface area contributed by atoms with Gasteiger partial charge in [-0.15, -0.1) is 0 Å². The van der Waals surface area contributed by atoms with Gasteiger partial charge in [0.05, 0.1) is 43.9 Å². The molecule has 4 saturated carbocycles. The molecule has 107 heavy (non-hydrogen) atoms. The van der Waals surface area contributed by atoms with Crippen LogP contribution >= 0.6 is 46.4 Å². The van der Waals surface area contributed by atoms with Crippen LogP contribution in [0.5, 0.6) is 28.7 Å². The highest BCUT2D eigenvalue weighted by Crippen LogP contribution is 2.33. The number of H-pyrrole nitrogens is 1. The smallest absolute Gasteiger partial charge is 0.183 e. The van der Waals surface area contributed by atoms with Gasteiger partial charge in [0.15, 0.2) is 17.8 Å². The van der Waals surface area contributed by atoms with E-state index in [0.29, 0.717) is 116 Å². The quantitative estimate of drug-likeness (QED) is 0.0383. The molecule has 4 aliphatic carbocycles. The third-order valence-electron chi connectivity index (χ3n) is 18.1. The van der Waals surface area contributed by atoms with E-state index < -0.39 is 0 Å². The molecule has 24 nitrogen and oxygen atoms in total. The number of anilines is 6. The van der Waals surface area contributed by atoms with Gasteiger partial charge in [0.2, 0.25) is 0 Å². The Hall–Kier alpha value is -7.84. The lowest BCUT2D eigenvalue weighted by Gasteiger charge is -2.19. The summed E-state index contributed by atoms with van der Waals surface area (Å²) in [6.07, 6.45) is 43.0. The number of hydrogen-bond acceptors (Lipinski definition) is 23. The SMILES string of the molecule is C.C.C.C.C.C.C.CCC1CCCC1.N#CN1CCC[C@H]1COc1cc(N)ncc1Cl.N#CN1CCC[C@H]1COc1ccnc(N)c1Cl.Nc1cc(=O)cc[nH]1.Nc1cc(OCC2CCCC2)c(Cl)cn1.Nc1cc(OCC2CCCC2)ccn1.Nc1cc(OC[C@@H]2CCCN2)c(Cl)cn1.OCC1CCCC1. The lowest BCUT2D eigenvalue weighted by Crippen LogP contribution is -2.30. The molecule has 0 bridgehead atoms. The lowest BCUT2D eigenvalue weighted by atomic mass is 10.1. The second-order valence-electron chi connectivity index (χ2n) is 25.7. The van der Waals surface area contributed by atoms with Crippen molar-refractivity contribution >= 4 is 81.3 Å². The molecule has 15 N–H and O–H groups in total. The van der Waals surface area contributed by atoms with Crippen LogP contribution in [0.25, 0.3) is 0 Å². The number of halogens is 4. The van der Waals surface area contributed by atoms with Gasteiger partial charge < -0.3 is 83.3 Å². The van der Waals surface area contributed by atoms with E-state index in [1.54, 1.807) is 52.5 Å². The first-order chi connectivity index (χ1) is 48.4. The summed E-state index contributed by atoms with van der Waals surface area (Å²) in [6.45, 7) is 8.47. The first-order valence-corrected chi connectivity index (χ1v) is 36.5. The second-order valence-corrected chi connectivity index (χ2v) is 27.3. The maximum Gasteiger partial charge on any atom is 0.183 e. The molecule has 3 saturated heterocycles. The number of nitrogen functional groups attached to an aromatic ring is 6. The Labute approximate surface area is 661 Å². The lowest BCUT2D eigenvalue weighted by molar-refractivity contribution is 0.219. The van der Waals surface area contributed by atoms with Crippen LogP contribution in [0.3, 0.4) is 0 Å². The average Bonchev–Trinajstić information content (AvgIpc) is 1.86. The Kier molecular flexibility index (Phi) is 54.2. The van der Waals surface area contributed by atoms with E-state index in [0.717, 1.165) is 82.5 Å². The predicted molar refractivity (Wildman–Crippen MR) is 446 cm³/mol. The number of ether oxygens (including phenoxy) is 5. The number of aliphatic hydroxyl groups is 1. The number of nitrogens with two attached hydrogens (primary N) is 6. The van der Waals surface area contributed by atoms with Gasteiger partial charge in [0.1, 0.15) is 104 Å². The fraction of sp³-hybridized carbons (Fsp3) is 0.595. The maximum absolute atomic E-state index is 10.4.